The first-order valence-corrected chi connectivity index (χ1v) is 8.20. The van der Waals surface area contributed by atoms with Crippen LogP contribution in [0.2, 0.25) is 0 Å². The number of rotatable bonds is 4. The average molecular weight is 307 g/mol. The number of benzene rings is 2. The van der Waals surface area contributed by atoms with E-state index < -0.39 is 0 Å². The predicted octanol–water partition coefficient (Wildman–Crippen LogP) is 5.13. The van der Waals surface area contributed by atoms with Gasteiger partial charge in [0.05, 0.1) is 5.69 Å². The summed E-state index contributed by atoms with van der Waals surface area (Å²) >= 11 is 1.32. The fraction of sp³-hybridized carbons (Fsp3) is 0.105. The van der Waals surface area contributed by atoms with Crippen LogP contribution in [-0.2, 0) is 4.79 Å². The summed E-state index contributed by atoms with van der Waals surface area (Å²) in [5.41, 5.74) is 4.58. The number of H-pyrrole nitrogens is 1. The van der Waals surface area contributed by atoms with Crippen LogP contribution < -0.4 is 0 Å². The molecule has 0 atom stereocenters. The van der Waals surface area contributed by atoms with Gasteiger partial charge in [0.15, 0.2) is 5.12 Å². The van der Waals surface area contributed by atoms with Crippen LogP contribution >= 0.6 is 11.8 Å². The van der Waals surface area contributed by atoms with Crippen molar-refractivity contribution in [2.24, 2.45) is 0 Å². The maximum Gasteiger partial charge on any atom is 0.186 e. The summed E-state index contributed by atoms with van der Waals surface area (Å²) < 4.78 is 0. The number of aromatic amines is 1. The molecule has 3 rings (SSSR count). The lowest BCUT2D eigenvalue weighted by Gasteiger charge is -2.01. The molecular formula is C19H17NOS. The molecule has 0 aliphatic rings. The van der Waals surface area contributed by atoms with Crippen LogP contribution in [0.25, 0.3) is 28.2 Å². The number of hydrogen-bond donors (Lipinski definition) is 1. The van der Waals surface area contributed by atoms with E-state index >= 15 is 0 Å². The normalized spacial score (nSPS) is 11.3. The van der Waals surface area contributed by atoms with Crippen molar-refractivity contribution in [2.75, 3.05) is 5.75 Å². The van der Waals surface area contributed by atoms with E-state index in [-0.39, 0.29) is 5.12 Å². The maximum atomic E-state index is 11.0. The molecule has 0 saturated heterocycles. The lowest BCUT2D eigenvalue weighted by molar-refractivity contribution is -0.109. The highest BCUT2D eigenvalue weighted by atomic mass is 32.2. The second-order valence-corrected chi connectivity index (χ2v) is 6.23. The molecule has 2 aromatic carbocycles. The van der Waals surface area contributed by atoms with Gasteiger partial charge in [-0.2, -0.15) is 0 Å². The third-order valence-electron chi connectivity index (χ3n) is 3.48. The van der Waals surface area contributed by atoms with E-state index in [0.717, 1.165) is 16.8 Å². The zero-order valence-electron chi connectivity index (χ0n) is 12.4. The van der Waals surface area contributed by atoms with E-state index in [9.17, 15) is 4.79 Å². The third-order valence-corrected chi connectivity index (χ3v) is 4.24. The fourth-order valence-electron chi connectivity index (χ4n) is 2.50. The van der Waals surface area contributed by atoms with Crippen molar-refractivity contribution in [3.8, 4) is 11.3 Å². The van der Waals surface area contributed by atoms with E-state index in [4.69, 9.17) is 0 Å². The van der Waals surface area contributed by atoms with Crippen LogP contribution in [0.5, 0.6) is 0 Å². The maximum absolute atomic E-state index is 11.0. The van der Waals surface area contributed by atoms with Crippen molar-refractivity contribution in [3.05, 3.63) is 66.2 Å². The van der Waals surface area contributed by atoms with Gasteiger partial charge in [-0.1, -0.05) is 72.4 Å². The quantitative estimate of drug-likeness (QED) is 0.725. The van der Waals surface area contributed by atoms with E-state index in [0.29, 0.717) is 5.75 Å². The number of para-hydroxylation sites is 1. The molecule has 22 heavy (non-hydrogen) atoms. The molecule has 0 aliphatic carbocycles. The van der Waals surface area contributed by atoms with Crippen molar-refractivity contribution < 1.29 is 4.79 Å². The lowest BCUT2D eigenvalue weighted by atomic mass is 10.0. The van der Waals surface area contributed by atoms with Gasteiger partial charge in [-0.3, -0.25) is 4.79 Å². The molecule has 0 saturated carbocycles. The predicted molar refractivity (Wildman–Crippen MR) is 95.9 cm³/mol. The van der Waals surface area contributed by atoms with Crippen LogP contribution in [0.4, 0.5) is 0 Å². The Labute approximate surface area is 134 Å². The highest BCUT2D eigenvalue weighted by molar-refractivity contribution is 8.13. The van der Waals surface area contributed by atoms with Crippen LogP contribution in [0.3, 0.4) is 0 Å². The number of carbonyl (C=O) groups excluding carboxylic acids is 1. The summed E-state index contributed by atoms with van der Waals surface area (Å²) in [6.45, 7) is 1.60. The Kier molecular flexibility index (Phi) is 4.45. The largest absolute Gasteiger partial charge is 0.354 e. The van der Waals surface area contributed by atoms with Crippen LogP contribution in [0, 0.1) is 0 Å². The average Bonchev–Trinajstić information content (AvgIpc) is 2.91. The van der Waals surface area contributed by atoms with Gasteiger partial charge in [-0.05, 0) is 11.6 Å². The molecule has 0 radical (unpaired) electrons. The Bertz CT molecular complexity index is 818. The van der Waals surface area contributed by atoms with Gasteiger partial charge in [-0.15, -0.1) is 0 Å². The standard InChI is InChI=1S/C19H17NOS/c1-14(21)22-13-7-11-17-16-10-5-6-12-18(16)20-19(17)15-8-3-2-4-9-15/h2-12,20H,13H2,1H3. The Morgan fingerprint density at radius 3 is 2.59 bits per heavy atom. The van der Waals surface area contributed by atoms with Crippen LogP contribution in [0.1, 0.15) is 12.5 Å². The van der Waals surface area contributed by atoms with Crippen molar-refractivity contribution in [1.29, 1.82) is 0 Å². The summed E-state index contributed by atoms with van der Waals surface area (Å²) in [5.74, 6) is 0.697. The first-order valence-electron chi connectivity index (χ1n) is 7.22. The monoisotopic (exact) mass is 307 g/mol. The molecule has 0 bridgehead atoms. The Morgan fingerprint density at radius 1 is 1.09 bits per heavy atom. The number of hydrogen-bond acceptors (Lipinski definition) is 2. The molecule has 0 spiro atoms. The summed E-state index contributed by atoms with van der Waals surface area (Å²) in [4.78, 5) is 14.5. The van der Waals surface area contributed by atoms with Crippen molar-refractivity contribution >= 4 is 33.9 Å². The van der Waals surface area contributed by atoms with E-state index in [1.165, 1.54) is 22.7 Å². The smallest absolute Gasteiger partial charge is 0.186 e. The molecule has 1 N–H and O–H groups in total. The Morgan fingerprint density at radius 2 is 1.82 bits per heavy atom. The zero-order chi connectivity index (χ0) is 15.4. The zero-order valence-corrected chi connectivity index (χ0v) is 13.2. The summed E-state index contributed by atoms with van der Waals surface area (Å²) in [5, 5.41) is 1.34. The third kappa shape index (κ3) is 3.15. The molecule has 0 fully saturated rings. The molecule has 3 aromatic rings. The second kappa shape index (κ2) is 6.67. The van der Waals surface area contributed by atoms with Crippen LogP contribution in [-0.4, -0.2) is 15.9 Å². The van der Waals surface area contributed by atoms with Crippen molar-refractivity contribution in [3.63, 3.8) is 0 Å². The number of fused-ring (bicyclic) bond motifs is 1. The molecule has 0 amide bonds. The Hall–Kier alpha value is -2.26. The van der Waals surface area contributed by atoms with E-state index in [2.05, 4.69) is 35.3 Å². The number of nitrogens with one attached hydrogen (secondary N) is 1. The number of aromatic nitrogens is 1. The summed E-state index contributed by atoms with van der Waals surface area (Å²) in [6.07, 6.45) is 4.16. The lowest BCUT2D eigenvalue weighted by Crippen LogP contribution is -1.83. The van der Waals surface area contributed by atoms with Gasteiger partial charge in [-0.25, -0.2) is 0 Å². The Balaban J connectivity index is 2.04. The first-order chi connectivity index (χ1) is 10.8. The van der Waals surface area contributed by atoms with Gasteiger partial charge in [0.1, 0.15) is 0 Å². The number of carbonyl (C=O) groups is 1. The van der Waals surface area contributed by atoms with Gasteiger partial charge in [0.2, 0.25) is 0 Å². The van der Waals surface area contributed by atoms with E-state index in [1.807, 2.05) is 36.4 Å². The molecule has 0 unspecified atom stereocenters. The van der Waals surface area contributed by atoms with Gasteiger partial charge >= 0.3 is 0 Å². The summed E-state index contributed by atoms with van der Waals surface area (Å²) in [6, 6.07) is 18.6. The highest BCUT2D eigenvalue weighted by Crippen LogP contribution is 2.31. The fourth-order valence-corrected chi connectivity index (χ4v) is 2.93. The highest BCUT2D eigenvalue weighted by Gasteiger charge is 2.10. The molecule has 1 aromatic heterocycles. The van der Waals surface area contributed by atoms with Gasteiger partial charge < -0.3 is 4.98 Å². The number of thioether (sulfide) groups is 1. The van der Waals surface area contributed by atoms with Crippen molar-refractivity contribution in [2.45, 2.75) is 6.92 Å². The molecule has 0 aliphatic heterocycles. The minimum absolute atomic E-state index is 0.145. The van der Waals surface area contributed by atoms with Crippen molar-refractivity contribution in [1.82, 2.24) is 4.98 Å². The van der Waals surface area contributed by atoms with Gasteiger partial charge in [0.25, 0.3) is 0 Å². The van der Waals surface area contributed by atoms with Gasteiger partial charge in [0, 0.05) is 29.1 Å². The minimum atomic E-state index is 0.145. The molecule has 3 heteroatoms. The van der Waals surface area contributed by atoms with E-state index in [1.54, 1.807) is 6.92 Å². The molecule has 110 valence electrons. The molecular weight excluding hydrogens is 290 g/mol. The SMILES string of the molecule is CC(=O)SCC=Cc1c(-c2ccccc2)[nH]c2ccccc12. The second-order valence-electron chi connectivity index (χ2n) is 5.03. The molecule has 2 nitrogen and oxygen atoms in total. The minimum Gasteiger partial charge on any atom is -0.354 e. The molecule has 1 heterocycles. The first kappa shape index (κ1) is 14.7. The van der Waals surface area contributed by atoms with Crippen LogP contribution in [0.15, 0.2) is 60.7 Å². The topological polar surface area (TPSA) is 32.9 Å². The summed E-state index contributed by atoms with van der Waals surface area (Å²) in [7, 11) is 0.